The van der Waals surface area contributed by atoms with Crippen LogP contribution in [0.25, 0.3) is 0 Å². The number of allylic oxidation sites excluding steroid dienone is 1. The minimum absolute atomic E-state index is 0.0694. The molecule has 0 spiro atoms. The fraction of sp³-hybridized carbons (Fsp3) is 0.318. The van der Waals surface area contributed by atoms with E-state index >= 15 is 0 Å². The van der Waals surface area contributed by atoms with Crippen molar-refractivity contribution in [3.8, 4) is 5.75 Å². The molecule has 0 bridgehead atoms. The summed E-state index contributed by atoms with van der Waals surface area (Å²) >= 11 is 0. The van der Waals surface area contributed by atoms with Gasteiger partial charge in [-0.05, 0) is 49.8 Å². The van der Waals surface area contributed by atoms with Crippen LogP contribution in [0.3, 0.4) is 0 Å². The normalized spacial score (nSPS) is 13.8. The topological polar surface area (TPSA) is 38.3 Å². The Hall–Kier alpha value is -2.55. The molecule has 1 aliphatic rings. The maximum Gasteiger partial charge on any atom is 0.255 e. The highest BCUT2D eigenvalue weighted by atomic mass is 16.5. The highest BCUT2D eigenvalue weighted by Gasteiger charge is 2.12. The van der Waals surface area contributed by atoms with Crippen molar-refractivity contribution >= 4 is 5.91 Å². The van der Waals surface area contributed by atoms with E-state index in [1.807, 2.05) is 54.6 Å². The molecular formula is C22H25NO2. The predicted octanol–water partition coefficient (Wildman–Crippen LogP) is 4.89. The molecular weight excluding hydrogens is 310 g/mol. The van der Waals surface area contributed by atoms with E-state index in [9.17, 15) is 4.79 Å². The molecule has 0 heterocycles. The molecule has 0 fully saturated rings. The van der Waals surface area contributed by atoms with Crippen molar-refractivity contribution in [3.63, 3.8) is 0 Å². The van der Waals surface area contributed by atoms with E-state index in [0.717, 1.165) is 12.0 Å². The van der Waals surface area contributed by atoms with Crippen LogP contribution in [0.2, 0.25) is 0 Å². The summed E-state index contributed by atoms with van der Waals surface area (Å²) in [5.41, 5.74) is 3.15. The first-order chi connectivity index (χ1) is 12.3. The maximum absolute atomic E-state index is 12.5. The molecule has 0 saturated carbocycles. The van der Waals surface area contributed by atoms with Crippen LogP contribution in [0, 0.1) is 0 Å². The van der Waals surface area contributed by atoms with Gasteiger partial charge < -0.3 is 10.1 Å². The van der Waals surface area contributed by atoms with Crippen molar-refractivity contribution in [1.82, 2.24) is 5.32 Å². The maximum atomic E-state index is 12.5. The van der Waals surface area contributed by atoms with Gasteiger partial charge in [0.1, 0.15) is 12.4 Å². The van der Waals surface area contributed by atoms with Crippen LogP contribution in [0.4, 0.5) is 0 Å². The Bertz CT molecular complexity index is 722. The van der Waals surface area contributed by atoms with Gasteiger partial charge in [-0.3, -0.25) is 4.79 Å². The molecule has 1 amide bonds. The Morgan fingerprint density at radius 1 is 1.00 bits per heavy atom. The summed E-state index contributed by atoms with van der Waals surface area (Å²) in [6, 6.07) is 17.4. The molecule has 0 radical (unpaired) electrons. The number of hydrogen-bond acceptors (Lipinski definition) is 2. The molecule has 3 nitrogen and oxygen atoms in total. The Balaban J connectivity index is 1.55. The van der Waals surface area contributed by atoms with Gasteiger partial charge in [0.15, 0.2) is 0 Å². The van der Waals surface area contributed by atoms with Gasteiger partial charge in [0.05, 0.1) is 5.56 Å². The van der Waals surface area contributed by atoms with E-state index < -0.39 is 0 Å². The second kappa shape index (κ2) is 9.07. The number of benzene rings is 2. The molecule has 1 N–H and O–H groups in total. The number of para-hydroxylation sites is 1. The fourth-order valence-electron chi connectivity index (χ4n) is 3.08. The van der Waals surface area contributed by atoms with Crippen LogP contribution >= 0.6 is 0 Å². The van der Waals surface area contributed by atoms with Crippen LogP contribution in [0.1, 0.15) is 48.0 Å². The van der Waals surface area contributed by atoms with Crippen molar-refractivity contribution in [3.05, 3.63) is 77.4 Å². The van der Waals surface area contributed by atoms with Crippen LogP contribution in [0.5, 0.6) is 5.75 Å². The average molecular weight is 335 g/mol. The lowest BCUT2D eigenvalue weighted by molar-refractivity contribution is 0.0949. The summed E-state index contributed by atoms with van der Waals surface area (Å²) in [6.45, 7) is 1.13. The quantitative estimate of drug-likeness (QED) is 0.732. The molecule has 2 aromatic carbocycles. The Kier molecular flexibility index (Phi) is 6.27. The lowest BCUT2D eigenvalue weighted by atomic mass is 9.97. The van der Waals surface area contributed by atoms with E-state index in [1.165, 1.54) is 31.3 Å². The minimum Gasteiger partial charge on any atom is -0.488 e. The Morgan fingerprint density at radius 3 is 2.60 bits per heavy atom. The standard InChI is InChI=1S/C22H25NO2/c24-22(23-16-15-18-9-3-1-4-10-18)20-13-7-8-14-21(20)25-17-19-11-5-2-6-12-19/h2,5-9,11-14H,1,3-4,10,15-17H2,(H,23,24). The third kappa shape index (κ3) is 5.21. The number of amides is 1. The minimum atomic E-state index is -0.0694. The third-order valence-electron chi connectivity index (χ3n) is 4.49. The van der Waals surface area contributed by atoms with Crippen LogP contribution in [0.15, 0.2) is 66.2 Å². The lowest BCUT2D eigenvalue weighted by Crippen LogP contribution is -2.25. The van der Waals surface area contributed by atoms with Gasteiger partial charge in [-0.25, -0.2) is 0 Å². The molecule has 2 aromatic rings. The molecule has 0 aliphatic heterocycles. The van der Waals surface area contributed by atoms with Crippen LogP contribution < -0.4 is 10.1 Å². The number of carbonyl (C=O) groups is 1. The first-order valence-corrected chi connectivity index (χ1v) is 9.05. The fourth-order valence-corrected chi connectivity index (χ4v) is 3.08. The van der Waals surface area contributed by atoms with Crippen molar-refractivity contribution in [2.24, 2.45) is 0 Å². The predicted molar refractivity (Wildman–Crippen MR) is 101 cm³/mol. The van der Waals surface area contributed by atoms with Crippen molar-refractivity contribution < 1.29 is 9.53 Å². The van der Waals surface area contributed by atoms with E-state index in [2.05, 4.69) is 11.4 Å². The molecule has 0 saturated heterocycles. The number of hydrogen-bond donors (Lipinski definition) is 1. The van der Waals surface area contributed by atoms with Gasteiger partial charge in [-0.15, -0.1) is 0 Å². The molecule has 1 aliphatic carbocycles. The largest absolute Gasteiger partial charge is 0.488 e. The Morgan fingerprint density at radius 2 is 1.80 bits per heavy atom. The summed E-state index contributed by atoms with van der Waals surface area (Å²) in [4.78, 5) is 12.5. The van der Waals surface area contributed by atoms with Gasteiger partial charge in [-0.2, -0.15) is 0 Å². The highest BCUT2D eigenvalue weighted by molar-refractivity contribution is 5.96. The van der Waals surface area contributed by atoms with Crippen LogP contribution in [-0.2, 0) is 6.61 Å². The van der Waals surface area contributed by atoms with Gasteiger partial charge in [0.25, 0.3) is 5.91 Å². The van der Waals surface area contributed by atoms with E-state index in [-0.39, 0.29) is 5.91 Å². The highest BCUT2D eigenvalue weighted by Crippen LogP contribution is 2.21. The zero-order chi connectivity index (χ0) is 17.3. The number of rotatable bonds is 7. The SMILES string of the molecule is O=C(NCCC1=CCCCC1)c1ccccc1OCc1ccccc1. The smallest absolute Gasteiger partial charge is 0.255 e. The summed E-state index contributed by atoms with van der Waals surface area (Å²) in [5, 5.41) is 3.03. The summed E-state index contributed by atoms with van der Waals surface area (Å²) < 4.78 is 5.87. The molecule has 25 heavy (non-hydrogen) atoms. The van der Waals surface area contributed by atoms with E-state index in [1.54, 1.807) is 0 Å². The van der Waals surface area contributed by atoms with Gasteiger partial charge in [-0.1, -0.05) is 54.1 Å². The van der Waals surface area contributed by atoms with Crippen molar-refractivity contribution in [2.45, 2.75) is 38.7 Å². The number of nitrogens with one attached hydrogen (secondary N) is 1. The number of carbonyl (C=O) groups excluding carboxylic acids is 1. The van der Waals surface area contributed by atoms with E-state index in [0.29, 0.717) is 24.5 Å². The van der Waals surface area contributed by atoms with E-state index in [4.69, 9.17) is 4.74 Å². The van der Waals surface area contributed by atoms with Crippen LogP contribution in [-0.4, -0.2) is 12.5 Å². The second-order valence-electron chi connectivity index (χ2n) is 6.38. The number of ether oxygens (including phenoxy) is 1. The van der Waals surface area contributed by atoms with Gasteiger partial charge >= 0.3 is 0 Å². The zero-order valence-electron chi connectivity index (χ0n) is 14.5. The van der Waals surface area contributed by atoms with Crippen molar-refractivity contribution in [1.29, 1.82) is 0 Å². The second-order valence-corrected chi connectivity index (χ2v) is 6.38. The summed E-state index contributed by atoms with van der Waals surface area (Å²) in [5.74, 6) is 0.556. The zero-order valence-corrected chi connectivity index (χ0v) is 14.5. The van der Waals surface area contributed by atoms with Crippen molar-refractivity contribution in [2.75, 3.05) is 6.54 Å². The van der Waals surface area contributed by atoms with Gasteiger partial charge in [0.2, 0.25) is 0 Å². The van der Waals surface area contributed by atoms with Gasteiger partial charge in [0, 0.05) is 6.54 Å². The molecule has 0 aromatic heterocycles. The summed E-state index contributed by atoms with van der Waals surface area (Å²) in [6.07, 6.45) is 8.19. The molecule has 0 atom stereocenters. The molecule has 3 heteroatoms. The molecule has 130 valence electrons. The first-order valence-electron chi connectivity index (χ1n) is 9.05. The lowest BCUT2D eigenvalue weighted by Gasteiger charge is -2.14. The first kappa shape index (κ1) is 17.3. The third-order valence-corrected chi connectivity index (χ3v) is 4.49. The average Bonchev–Trinajstić information content (AvgIpc) is 2.68. The summed E-state index contributed by atoms with van der Waals surface area (Å²) in [7, 11) is 0. The monoisotopic (exact) mass is 335 g/mol. The Labute approximate surface area is 149 Å². The molecule has 0 unspecified atom stereocenters. The molecule has 3 rings (SSSR count).